The summed E-state index contributed by atoms with van der Waals surface area (Å²) in [5.41, 5.74) is 5.49. The molecule has 0 saturated carbocycles. The molecule has 0 aromatic rings. The van der Waals surface area contributed by atoms with Gasteiger partial charge in [0, 0.05) is 6.04 Å². The van der Waals surface area contributed by atoms with Crippen molar-refractivity contribution in [3.8, 4) is 0 Å². The van der Waals surface area contributed by atoms with Crippen LogP contribution < -0.4 is 11.1 Å². The SMILES string of the molecule is CC1NC(C=O)CC1CN. The Labute approximate surface area is 61.0 Å². The van der Waals surface area contributed by atoms with E-state index in [1.807, 2.05) is 0 Å². The average Bonchev–Trinajstić information content (AvgIpc) is 2.30. The molecule has 0 radical (unpaired) electrons. The highest BCUT2D eigenvalue weighted by atomic mass is 16.1. The van der Waals surface area contributed by atoms with E-state index in [-0.39, 0.29) is 6.04 Å². The molecular weight excluding hydrogens is 128 g/mol. The molecule has 0 amide bonds. The smallest absolute Gasteiger partial charge is 0.136 e. The Bertz CT molecular complexity index is 127. The van der Waals surface area contributed by atoms with E-state index in [0.29, 0.717) is 18.5 Å². The van der Waals surface area contributed by atoms with Crippen molar-refractivity contribution in [2.24, 2.45) is 11.7 Å². The van der Waals surface area contributed by atoms with Crippen LogP contribution in [0.3, 0.4) is 0 Å². The second kappa shape index (κ2) is 3.12. The quantitative estimate of drug-likeness (QED) is 0.511. The fourth-order valence-corrected chi connectivity index (χ4v) is 1.47. The molecule has 3 atom stereocenters. The molecular formula is C7H14N2O. The predicted octanol–water partition coefficient (Wildman–Crippen LogP) is -0.489. The van der Waals surface area contributed by atoms with Crippen molar-refractivity contribution < 1.29 is 4.79 Å². The van der Waals surface area contributed by atoms with Crippen molar-refractivity contribution in [3.63, 3.8) is 0 Å². The van der Waals surface area contributed by atoms with Crippen LogP contribution in [-0.4, -0.2) is 24.9 Å². The third kappa shape index (κ3) is 1.36. The summed E-state index contributed by atoms with van der Waals surface area (Å²) < 4.78 is 0. The minimum absolute atomic E-state index is 0.0450. The number of hydrogen-bond acceptors (Lipinski definition) is 3. The Balaban J connectivity index is 2.43. The van der Waals surface area contributed by atoms with E-state index in [4.69, 9.17) is 5.73 Å². The van der Waals surface area contributed by atoms with Gasteiger partial charge in [-0.3, -0.25) is 0 Å². The number of carbonyl (C=O) groups is 1. The Hall–Kier alpha value is -0.410. The number of nitrogens with two attached hydrogens (primary N) is 1. The largest absolute Gasteiger partial charge is 0.330 e. The lowest BCUT2D eigenvalue weighted by atomic mass is 10.0. The maximum atomic E-state index is 10.3. The summed E-state index contributed by atoms with van der Waals surface area (Å²) in [6.45, 7) is 2.75. The van der Waals surface area contributed by atoms with Crippen LogP contribution in [-0.2, 0) is 4.79 Å². The minimum Gasteiger partial charge on any atom is -0.330 e. The molecule has 1 rings (SSSR count). The summed E-state index contributed by atoms with van der Waals surface area (Å²) in [7, 11) is 0. The highest BCUT2D eigenvalue weighted by molar-refractivity contribution is 5.58. The monoisotopic (exact) mass is 142 g/mol. The first-order chi connectivity index (χ1) is 4.77. The lowest BCUT2D eigenvalue weighted by molar-refractivity contribution is -0.109. The molecule has 0 aliphatic carbocycles. The van der Waals surface area contributed by atoms with Gasteiger partial charge in [0.1, 0.15) is 6.29 Å². The zero-order valence-corrected chi connectivity index (χ0v) is 6.21. The Morgan fingerprint density at radius 2 is 2.50 bits per heavy atom. The van der Waals surface area contributed by atoms with E-state index in [0.717, 1.165) is 12.7 Å². The lowest BCUT2D eigenvalue weighted by Crippen LogP contribution is -2.31. The van der Waals surface area contributed by atoms with Crippen LogP contribution >= 0.6 is 0 Å². The molecule has 10 heavy (non-hydrogen) atoms. The summed E-state index contributed by atoms with van der Waals surface area (Å²) in [6.07, 6.45) is 1.87. The normalized spacial score (nSPS) is 40.0. The van der Waals surface area contributed by atoms with Gasteiger partial charge in [-0.1, -0.05) is 0 Å². The molecule has 1 aliphatic rings. The molecule has 3 unspecified atom stereocenters. The van der Waals surface area contributed by atoms with E-state index in [1.54, 1.807) is 0 Å². The number of carbonyl (C=O) groups excluding carboxylic acids is 1. The molecule has 1 saturated heterocycles. The molecule has 3 heteroatoms. The minimum atomic E-state index is 0.0450. The first-order valence-electron chi connectivity index (χ1n) is 3.69. The van der Waals surface area contributed by atoms with Gasteiger partial charge in [0.2, 0.25) is 0 Å². The molecule has 0 aromatic carbocycles. The molecule has 3 nitrogen and oxygen atoms in total. The van der Waals surface area contributed by atoms with Crippen LogP contribution in [0.25, 0.3) is 0 Å². The van der Waals surface area contributed by atoms with E-state index < -0.39 is 0 Å². The summed E-state index contributed by atoms with van der Waals surface area (Å²) in [4.78, 5) is 10.3. The van der Waals surface area contributed by atoms with Crippen molar-refractivity contribution in [2.45, 2.75) is 25.4 Å². The van der Waals surface area contributed by atoms with Crippen molar-refractivity contribution >= 4 is 6.29 Å². The van der Waals surface area contributed by atoms with Crippen LogP contribution in [0.4, 0.5) is 0 Å². The maximum Gasteiger partial charge on any atom is 0.136 e. The lowest BCUT2D eigenvalue weighted by Gasteiger charge is -2.10. The van der Waals surface area contributed by atoms with Crippen molar-refractivity contribution in [1.82, 2.24) is 5.32 Å². The third-order valence-corrected chi connectivity index (χ3v) is 2.21. The first kappa shape index (κ1) is 7.69. The molecule has 1 fully saturated rings. The van der Waals surface area contributed by atoms with Crippen molar-refractivity contribution in [3.05, 3.63) is 0 Å². The first-order valence-corrected chi connectivity index (χ1v) is 3.69. The van der Waals surface area contributed by atoms with Crippen LogP contribution in [0.1, 0.15) is 13.3 Å². The van der Waals surface area contributed by atoms with Gasteiger partial charge in [-0.15, -0.1) is 0 Å². The van der Waals surface area contributed by atoms with Crippen LogP contribution in [0.5, 0.6) is 0 Å². The van der Waals surface area contributed by atoms with E-state index in [9.17, 15) is 4.79 Å². The summed E-state index contributed by atoms with van der Waals surface area (Å²) in [5, 5.41) is 3.16. The molecule has 1 aliphatic heterocycles. The molecule has 0 bridgehead atoms. The highest BCUT2D eigenvalue weighted by Crippen LogP contribution is 2.17. The number of hydrogen-bond donors (Lipinski definition) is 2. The summed E-state index contributed by atoms with van der Waals surface area (Å²) in [6, 6.07) is 0.448. The summed E-state index contributed by atoms with van der Waals surface area (Å²) >= 11 is 0. The molecule has 0 aromatic heterocycles. The van der Waals surface area contributed by atoms with E-state index in [2.05, 4.69) is 12.2 Å². The molecule has 3 N–H and O–H groups in total. The molecule has 58 valence electrons. The maximum absolute atomic E-state index is 10.3. The standard InChI is InChI=1S/C7H14N2O/c1-5-6(3-8)2-7(4-10)9-5/h4-7,9H,2-3,8H2,1H3. The number of aldehydes is 1. The van der Waals surface area contributed by atoms with Gasteiger partial charge < -0.3 is 15.8 Å². The van der Waals surface area contributed by atoms with Gasteiger partial charge in [0.25, 0.3) is 0 Å². The van der Waals surface area contributed by atoms with E-state index >= 15 is 0 Å². The van der Waals surface area contributed by atoms with Gasteiger partial charge in [-0.25, -0.2) is 0 Å². The number of rotatable bonds is 2. The van der Waals surface area contributed by atoms with Crippen LogP contribution in [0.2, 0.25) is 0 Å². The van der Waals surface area contributed by atoms with Crippen molar-refractivity contribution in [1.29, 1.82) is 0 Å². The highest BCUT2D eigenvalue weighted by Gasteiger charge is 2.28. The second-order valence-electron chi connectivity index (χ2n) is 2.93. The number of nitrogens with one attached hydrogen (secondary N) is 1. The van der Waals surface area contributed by atoms with Gasteiger partial charge >= 0.3 is 0 Å². The Kier molecular flexibility index (Phi) is 2.40. The Morgan fingerprint density at radius 3 is 2.80 bits per heavy atom. The molecule has 1 heterocycles. The zero-order valence-electron chi connectivity index (χ0n) is 6.21. The summed E-state index contributed by atoms with van der Waals surface area (Å²) in [5.74, 6) is 0.482. The van der Waals surface area contributed by atoms with Crippen LogP contribution in [0.15, 0.2) is 0 Å². The van der Waals surface area contributed by atoms with Gasteiger partial charge in [-0.05, 0) is 25.8 Å². The zero-order chi connectivity index (χ0) is 7.56. The molecule has 0 spiro atoms. The van der Waals surface area contributed by atoms with Crippen LogP contribution in [0, 0.1) is 5.92 Å². The van der Waals surface area contributed by atoms with Gasteiger partial charge in [0.05, 0.1) is 6.04 Å². The second-order valence-corrected chi connectivity index (χ2v) is 2.93. The fraction of sp³-hybridized carbons (Fsp3) is 0.857. The van der Waals surface area contributed by atoms with Gasteiger partial charge in [-0.2, -0.15) is 0 Å². The topological polar surface area (TPSA) is 55.1 Å². The predicted molar refractivity (Wildman–Crippen MR) is 39.6 cm³/mol. The van der Waals surface area contributed by atoms with Gasteiger partial charge in [0.15, 0.2) is 0 Å². The average molecular weight is 142 g/mol. The third-order valence-electron chi connectivity index (χ3n) is 2.21. The van der Waals surface area contributed by atoms with Crippen molar-refractivity contribution in [2.75, 3.05) is 6.54 Å². The fourth-order valence-electron chi connectivity index (χ4n) is 1.47. The van der Waals surface area contributed by atoms with E-state index in [1.165, 1.54) is 0 Å². The Morgan fingerprint density at radius 1 is 1.80 bits per heavy atom.